The van der Waals surface area contributed by atoms with Crippen molar-refractivity contribution >= 4 is 67.5 Å². The molecule has 0 bridgehead atoms. The lowest BCUT2D eigenvalue weighted by Crippen LogP contribution is -2.35. The summed E-state index contributed by atoms with van der Waals surface area (Å²) in [6.45, 7) is 0. The van der Waals surface area contributed by atoms with Crippen molar-refractivity contribution in [3.8, 4) is 124 Å². The molecule has 4 aliphatic heterocycles. The van der Waals surface area contributed by atoms with E-state index in [-0.39, 0.29) is 0 Å². The zero-order valence-corrected chi connectivity index (χ0v) is 46.2. The van der Waals surface area contributed by atoms with E-state index >= 15 is 0 Å². The third-order valence-electron chi connectivity index (χ3n) is 16.0. The second kappa shape index (κ2) is 18.4. The number of fused-ring (bicyclic) bond motifs is 8. The maximum Gasteiger partial charge on any atom is 0.148 e. The van der Waals surface area contributed by atoms with Crippen molar-refractivity contribution < 1.29 is 18.9 Å². The third-order valence-corrected chi connectivity index (χ3v) is 25.7. The maximum absolute atomic E-state index is 7.20. The molecule has 0 saturated heterocycles. The van der Waals surface area contributed by atoms with Gasteiger partial charge in [0.25, 0.3) is 0 Å². The van der Waals surface area contributed by atoms with Crippen LogP contribution in [0, 0.1) is 0 Å². The number of hydrogen-bond acceptors (Lipinski definition) is 6. The summed E-state index contributed by atoms with van der Waals surface area (Å²) in [6, 6.07) is 88.2. The second-order valence-corrected chi connectivity index (χ2v) is 29.1. The van der Waals surface area contributed by atoms with Crippen LogP contribution in [0.5, 0.6) is 46.0 Å². The van der Waals surface area contributed by atoms with Crippen molar-refractivity contribution in [3.63, 3.8) is 0 Å². The Labute approximate surface area is 474 Å². The Morgan fingerprint density at radius 2 is 0.600 bits per heavy atom. The Morgan fingerprint density at radius 1 is 0.212 bits per heavy atom. The van der Waals surface area contributed by atoms with Gasteiger partial charge in [0, 0.05) is 37.9 Å². The molecule has 2 unspecified atom stereocenters. The van der Waals surface area contributed by atoms with E-state index in [0.717, 1.165) is 156 Å². The van der Waals surface area contributed by atoms with Crippen molar-refractivity contribution in [2.24, 2.45) is 0 Å². The molecular weight excluding hydrogens is 1050 g/mol. The molecule has 0 saturated carbocycles. The molecule has 0 amide bonds. The van der Waals surface area contributed by atoms with E-state index in [0.29, 0.717) is 0 Å². The van der Waals surface area contributed by atoms with Gasteiger partial charge in [-0.25, -0.2) is 0 Å². The molecule has 0 spiro atoms. The summed E-state index contributed by atoms with van der Waals surface area (Å²) >= 11 is 14.4. The van der Waals surface area contributed by atoms with E-state index in [2.05, 4.69) is 243 Å². The first-order chi connectivity index (χ1) is 39.4. The average molecular weight is 1100 g/mol. The molecule has 0 N–H and O–H groups in total. The number of rotatable bonds is 7. The molecule has 12 aromatic rings. The molecule has 0 radical (unpaired) electrons. The molecule has 2 atom stereocenters. The molecule has 4 heterocycles. The summed E-state index contributed by atoms with van der Waals surface area (Å²) in [7, 11) is 0. The minimum atomic E-state index is -2.77. The van der Waals surface area contributed by atoms with Gasteiger partial charge in [-0.05, 0) is 134 Å². The summed E-state index contributed by atoms with van der Waals surface area (Å²) in [5.41, 5.74) is 14.9. The Morgan fingerprint density at radius 3 is 1.19 bits per heavy atom. The van der Waals surface area contributed by atoms with Crippen LogP contribution in [0.1, 0.15) is 0 Å². The molecule has 8 heteroatoms. The molecule has 12 aromatic carbocycles. The van der Waals surface area contributed by atoms with Gasteiger partial charge in [-0.3, -0.25) is 0 Å². The fourth-order valence-corrected chi connectivity index (χ4v) is 21.1. The van der Waals surface area contributed by atoms with Gasteiger partial charge >= 0.3 is 0 Å². The Hall–Kier alpha value is -8.86. The average Bonchev–Trinajstić information content (AvgIpc) is 3.71. The van der Waals surface area contributed by atoms with Gasteiger partial charge in [0.2, 0.25) is 0 Å². The van der Waals surface area contributed by atoms with Crippen molar-refractivity contribution in [2.75, 3.05) is 0 Å². The third kappa shape index (κ3) is 7.27. The maximum atomic E-state index is 7.20. The van der Waals surface area contributed by atoms with Crippen molar-refractivity contribution in [1.82, 2.24) is 0 Å². The van der Waals surface area contributed by atoms with E-state index in [9.17, 15) is 0 Å². The fourth-order valence-electron chi connectivity index (χ4n) is 12.1. The van der Waals surface area contributed by atoms with Gasteiger partial charge in [0.05, 0.1) is 22.7 Å². The highest BCUT2D eigenvalue weighted by Gasteiger charge is 2.46. The Bertz CT molecular complexity index is 4640. The van der Waals surface area contributed by atoms with Crippen LogP contribution in [-0.2, 0) is 23.6 Å². The number of benzene rings is 12. The highest BCUT2D eigenvalue weighted by Crippen LogP contribution is 2.63. The fraction of sp³-hybridized carbons (Fsp3) is 0. The van der Waals surface area contributed by atoms with Gasteiger partial charge < -0.3 is 18.9 Å². The van der Waals surface area contributed by atoms with Gasteiger partial charge in [0.15, 0.2) is 0 Å². The minimum Gasteiger partial charge on any atom is -0.456 e. The molecule has 16 rings (SSSR count). The molecule has 378 valence electrons. The lowest BCUT2D eigenvalue weighted by atomic mass is 9.96. The zero-order valence-electron chi connectivity index (χ0n) is 42.7. The predicted molar refractivity (Wildman–Crippen MR) is 337 cm³/mol. The lowest BCUT2D eigenvalue weighted by Gasteiger charge is -2.39. The van der Waals surface area contributed by atoms with Crippen LogP contribution in [-0.4, -0.2) is 0 Å². The van der Waals surface area contributed by atoms with Crippen LogP contribution in [0.25, 0.3) is 77.9 Å². The van der Waals surface area contributed by atoms with Gasteiger partial charge in [0.1, 0.15) is 46.0 Å². The summed E-state index contributed by atoms with van der Waals surface area (Å²) < 4.78 is 28.0. The highest BCUT2D eigenvalue weighted by molar-refractivity contribution is 8.26. The Kier molecular flexibility index (Phi) is 10.8. The van der Waals surface area contributed by atoms with Gasteiger partial charge in [-0.2, -0.15) is 0 Å². The number of para-hydroxylation sites is 1. The molecular formula is C72H44O4P2S2. The first-order valence-electron chi connectivity index (χ1n) is 26.7. The molecule has 0 fully saturated rings. The van der Waals surface area contributed by atoms with E-state index < -0.39 is 12.1 Å². The second-order valence-electron chi connectivity index (χ2n) is 20.5. The minimum absolute atomic E-state index is 0.740. The van der Waals surface area contributed by atoms with Crippen molar-refractivity contribution in [1.29, 1.82) is 0 Å². The smallest absolute Gasteiger partial charge is 0.148 e. The van der Waals surface area contributed by atoms with Crippen LogP contribution in [0.4, 0.5) is 0 Å². The van der Waals surface area contributed by atoms with Crippen LogP contribution in [0.3, 0.4) is 0 Å². The standard InChI is InChI=1S/C72H44O4P2S2/c79-77-64-40-33-52(45-15-5-1-6-16-45)42-63(64)74-62-39-35-58(69(71(62)77)75-60-37-32-53(43-67(60)77)46-17-7-2-8-18-46)55-24-13-23-51(41-55)47-27-29-48(30-28-47)54-31-36-59-66(44-54)78(80)65-26-14-25-56(49-19-9-3-10-20-49)68(65)76-70-57(50-21-11-4-12-22-50)34-38-61(73-59)72(70)78/h1-44H. The Balaban J connectivity index is 0.775. The van der Waals surface area contributed by atoms with Crippen LogP contribution >= 0.6 is 12.1 Å². The summed E-state index contributed by atoms with van der Waals surface area (Å²) in [5.74, 6) is 6.18. The van der Waals surface area contributed by atoms with Gasteiger partial charge in [-0.15, -0.1) is 0 Å². The molecule has 4 nitrogen and oxygen atoms in total. The highest BCUT2D eigenvalue weighted by atomic mass is 32.4. The molecule has 0 aliphatic carbocycles. The summed E-state index contributed by atoms with van der Waals surface area (Å²) in [5, 5.41) is 6.01. The van der Waals surface area contributed by atoms with Crippen LogP contribution in [0.2, 0.25) is 0 Å². The topological polar surface area (TPSA) is 36.9 Å². The first-order valence-corrected chi connectivity index (χ1v) is 32.3. The first kappa shape index (κ1) is 47.2. The van der Waals surface area contributed by atoms with Crippen molar-refractivity contribution in [3.05, 3.63) is 267 Å². The van der Waals surface area contributed by atoms with Crippen molar-refractivity contribution in [2.45, 2.75) is 0 Å². The van der Waals surface area contributed by atoms with E-state index in [1.54, 1.807) is 0 Å². The normalized spacial score (nSPS) is 16.4. The van der Waals surface area contributed by atoms with Gasteiger partial charge in [-0.1, -0.05) is 218 Å². The number of hydrogen-bond donors (Lipinski definition) is 0. The zero-order chi connectivity index (χ0) is 53.1. The van der Waals surface area contributed by atoms with E-state index in [1.165, 1.54) is 0 Å². The predicted octanol–water partition coefficient (Wildman–Crippen LogP) is 17.3. The molecule has 80 heavy (non-hydrogen) atoms. The monoisotopic (exact) mass is 1100 g/mol. The SMILES string of the molecule is S=P12c3ccc(-c4ccccc4)cc3Oc3ccc(-c4cccc(-c5ccc(-c6ccc7c(c6)P6(=S)c8cccc(-c9ccccc9)c8Oc8c(-c9ccccc9)ccc(c86)O7)cc5)c4)c(c31)Oc1ccc(-c3ccccc3)cc12. The largest absolute Gasteiger partial charge is 0.456 e. The van der Waals surface area contributed by atoms with E-state index in [4.69, 9.17) is 42.6 Å². The summed E-state index contributed by atoms with van der Waals surface area (Å²) in [4.78, 5) is 0. The lowest BCUT2D eigenvalue weighted by molar-refractivity contribution is 0.467. The van der Waals surface area contributed by atoms with Crippen LogP contribution < -0.4 is 50.8 Å². The van der Waals surface area contributed by atoms with Crippen LogP contribution in [0.15, 0.2) is 267 Å². The number of ether oxygens (including phenoxy) is 4. The quantitative estimate of drug-likeness (QED) is 0.148. The summed E-state index contributed by atoms with van der Waals surface area (Å²) in [6.07, 6.45) is 0. The van der Waals surface area contributed by atoms with E-state index in [1.807, 2.05) is 24.3 Å². The molecule has 0 aromatic heterocycles. The molecule has 4 aliphatic rings.